The fourth-order valence-corrected chi connectivity index (χ4v) is 4.87. The Morgan fingerprint density at radius 2 is 1.88 bits per heavy atom. The molecule has 0 fully saturated rings. The Bertz CT molecular complexity index is 1530. The maximum Gasteiger partial charge on any atom is 0.258 e. The van der Waals surface area contributed by atoms with Crippen LogP contribution in [0.25, 0.3) is 22.2 Å². The van der Waals surface area contributed by atoms with Crippen molar-refractivity contribution in [2.45, 2.75) is 25.5 Å². The van der Waals surface area contributed by atoms with Gasteiger partial charge < -0.3 is 29.4 Å². The number of ether oxygens (including phenoxy) is 3. The van der Waals surface area contributed by atoms with E-state index in [2.05, 4.69) is 29.0 Å². The van der Waals surface area contributed by atoms with Crippen LogP contribution in [0.2, 0.25) is 0 Å². The molecule has 8 heteroatoms. The molecule has 206 valence electrons. The molecular weight excluding hydrogens is 506 g/mol. The minimum Gasteiger partial charge on any atom is -0.488 e. The summed E-state index contributed by atoms with van der Waals surface area (Å²) >= 11 is 0. The zero-order valence-electron chi connectivity index (χ0n) is 22.7. The monoisotopic (exact) mass is 539 g/mol. The molecule has 0 bridgehead atoms. The van der Waals surface area contributed by atoms with Gasteiger partial charge in [-0.25, -0.2) is 0 Å². The van der Waals surface area contributed by atoms with E-state index in [1.807, 2.05) is 67.5 Å². The molecule has 2 N–H and O–H groups in total. The van der Waals surface area contributed by atoms with Crippen molar-refractivity contribution in [1.29, 1.82) is 0 Å². The van der Waals surface area contributed by atoms with Gasteiger partial charge in [0.25, 0.3) is 5.91 Å². The highest BCUT2D eigenvalue weighted by Gasteiger charge is 2.23. The summed E-state index contributed by atoms with van der Waals surface area (Å²) in [7, 11) is 3.85. The van der Waals surface area contributed by atoms with Crippen LogP contribution in [0.1, 0.15) is 17.5 Å². The Kier molecular flexibility index (Phi) is 8.05. The van der Waals surface area contributed by atoms with Crippen LogP contribution < -0.4 is 19.5 Å². The third-order valence-electron chi connectivity index (χ3n) is 7.04. The van der Waals surface area contributed by atoms with Gasteiger partial charge in [-0.1, -0.05) is 36.9 Å². The zero-order chi connectivity index (χ0) is 28.1. The third kappa shape index (κ3) is 5.96. The van der Waals surface area contributed by atoms with E-state index in [-0.39, 0.29) is 25.2 Å². The standard InChI is InChI=1S/C32H33N3O5/c1-21(35(2)3)28(13-9-22-7-5-4-6-8-22)33-31(37)20-39-23-11-14-29-26(17-23)27-19-40-30-18-24(38-16-15-36)10-12-25(30)32(27)34-29/h4-8,10-12,14-15,17-18,28,34H,1,9,13,16,19-20H2,2-3H3,(H,33,37). The maximum absolute atomic E-state index is 12.9. The average Bonchev–Trinajstić information content (AvgIpc) is 3.35. The molecule has 1 aromatic heterocycles. The number of aryl methyl sites for hydroxylation is 1. The van der Waals surface area contributed by atoms with E-state index in [9.17, 15) is 9.59 Å². The lowest BCUT2D eigenvalue weighted by Crippen LogP contribution is -2.42. The van der Waals surface area contributed by atoms with Crippen LogP contribution in [0.15, 0.2) is 79.0 Å². The molecule has 1 aliphatic rings. The van der Waals surface area contributed by atoms with Crippen molar-refractivity contribution in [3.63, 3.8) is 0 Å². The molecule has 5 rings (SSSR count). The first-order chi connectivity index (χ1) is 19.4. The van der Waals surface area contributed by atoms with E-state index < -0.39 is 0 Å². The summed E-state index contributed by atoms with van der Waals surface area (Å²) < 4.78 is 17.3. The van der Waals surface area contributed by atoms with Crippen molar-refractivity contribution in [1.82, 2.24) is 15.2 Å². The fraction of sp³-hybridized carbons (Fsp3) is 0.250. The number of aldehydes is 1. The topological polar surface area (TPSA) is 92.9 Å². The number of likely N-dealkylation sites (N-methyl/N-ethyl adjacent to an activating group) is 1. The summed E-state index contributed by atoms with van der Waals surface area (Å²) in [5.41, 5.74) is 5.90. The Balaban J connectivity index is 1.26. The predicted octanol–water partition coefficient (Wildman–Crippen LogP) is 4.88. The van der Waals surface area contributed by atoms with Gasteiger partial charge in [-0.3, -0.25) is 9.59 Å². The number of aromatic amines is 1. The number of benzene rings is 3. The predicted molar refractivity (Wildman–Crippen MR) is 155 cm³/mol. The van der Waals surface area contributed by atoms with Crippen molar-refractivity contribution >= 4 is 23.1 Å². The zero-order valence-corrected chi connectivity index (χ0v) is 22.7. The Morgan fingerprint density at radius 3 is 2.65 bits per heavy atom. The summed E-state index contributed by atoms with van der Waals surface area (Å²) in [5, 5.41) is 4.06. The first kappa shape index (κ1) is 26.9. The summed E-state index contributed by atoms with van der Waals surface area (Å²) in [6.07, 6.45) is 2.28. The van der Waals surface area contributed by atoms with Crippen molar-refractivity contribution in [3.05, 3.63) is 90.1 Å². The number of amides is 1. The average molecular weight is 540 g/mol. The number of carbonyl (C=O) groups is 2. The Morgan fingerprint density at radius 1 is 1.10 bits per heavy atom. The van der Waals surface area contributed by atoms with E-state index in [0.29, 0.717) is 30.1 Å². The molecule has 0 spiro atoms. The van der Waals surface area contributed by atoms with Crippen LogP contribution in [0, 0.1) is 0 Å². The number of rotatable bonds is 12. The molecular formula is C32H33N3O5. The van der Waals surface area contributed by atoms with Crippen molar-refractivity contribution in [2.24, 2.45) is 0 Å². The van der Waals surface area contributed by atoms with E-state index in [1.54, 1.807) is 6.07 Å². The van der Waals surface area contributed by atoms with Gasteiger partial charge in [-0.2, -0.15) is 0 Å². The lowest BCUT2D eigenvalue weighted by atomic mass is 10.0. The number of nitrogens with zero attached hydrogens (tertiary/aromatic N) is 1. The van der Waals surface area contributed by atoms with Gasteiger partial charge in [0.05, 0.1) is 11.7 Å². The van der Waals surface area contributed by atoms with E-state index >= 15 is 0 Å². The molecule has 0 saturated carbocycles. The number of aromatic nitrogens is 1. The first-order valence-corrected chi connectivity index (χ1v) is 13.2. The number of nitrogens with one attached hydrogen (secondary N) is 2. The SMILES string of the molecule is C=C(C(CCc1ccccc1)NC(=O)COc1ccc2[nH]c3c(c2c1)COc1cc(OCC=O)ccc1-3)N(C)C. The van der Waals surface area contributed by atoms with Crippen LogP contribution in [-0.2, 0) is 22.6 Å². The van der Waals surface area contributed by atoms with Crippen LogP contribution in [0.3, 0.4) is 0 Å². The van der Waals surface area contributed by atoms with E-state index in [1.165, 1.54) is 5.56 Å². The van der Waals surface area contributed by atoms with Crippen LogP contribution in [0.4, 0.5) is 0 Å². The second-order valence-electron chi connectivity index (χ2n) is 9.93. The van der Waals surface area contributed by atoms with E-state index in [0.717, 1.165) is 46.3 Å². The minimum atomic E-state index is -0.206. The Hall–Kier alpha value is -4.72. The number of H-pyrrole nitrogens is 1. The van der Waals surface area contributed by atoms with Gasteiger partial charge in [0.2, 0.25) is 0 Å². The lowest BCUT2D eigenvalue weighted by molar-refractivity contribution is -0.123. The quantitative estimate of drug-likeness (QED) is 0.250. The third-order valence-corrected chi connectivity index (χ3v) is 7.04. The molecule has 3 aromatic carbocycles. The van der Waals surface area contributed by atoms with Crippen molar-refractivity contribution in [3.8, 4) is 28.5 Å². The maximum atomic E-state index is 12.9. The molecule has 1 unspecified atom stereocenters. The lowest BCUT2D eigenvalue weighted by Gasteiger charge is -2.26. The molecule has 40 heavy (non-hydrogen) atoms. The summed E-state index contributed by atoms with van der Waals surface area (Å²) in [5.74, 6) is 1.66. The number of hydrogen-bond donors (Lipinski definition) is 2. The molecule has 0 saturated heterocycles. The smallest absolute Gasteiger partial charge is 0.258 e. The summed E-state index contributed by atoms with van der Waals surface area (Å²) in [6.45, 7) is 4.44. The first-order valence-electron chi connectivity index (χ1n) is 13.2. The normalized spacial score (nSPS) is 12.4. The number of carbonyl (C=O) groups excluding carboxylic acids is 2. The van der Waals surface area contributed by atoms with Gasteiger partial charge >= 0.3 is 0 Å². The molecule has 1 atom stereocenters. The fourth-order valence-electron chi connectivity index (χ4n) is 4.87. The van der Waals surface area contributed by atoms with E-state index in [4.69, 9.17) is 14.2 Å². The second kappa shape index (κ2) is 12.0. The summed E-state index contributed by atoms with van der Waals surface area (Å²) in [6, 6.07) is 21.2. The van der Waals surface area contributed by atoms with Gasteiger partial charge in [0.1, 0.15) is 30.5 Å². The van der Waals surface area contributed by atoms with Gasteiger partial charge in [-0.05, 0) is 48.7 Å². The molecule has 2 heterocycles. The van der Waals surface area contributed by atoms with Gasteiger partial charge in [0, 0.05) is 47.9 Å². The van der Waals surface area contributed by atoms with Crippen LogP contribution >= 0.6 is 0 Å². The Labute approximate surface area is 233 Å². The van der Waals surface area contributed by atoms with Gasteiger partial charge in [-0.15, -0.1) is 0 Å². The van der Waals surface area contributed by atoms with Crippen LogP contribution in [0.5, 0.6) is 17.2 Å². The summed E-state index contributed by atoms with van der Waals surface area (Å²) in [4.78, 5) is 28.9. The van der Waals surface area contributed by atoms with Crippen LogP contribution in [-0.4, -0.2) is 55.4 Å². The minimum absolute atomic E-state index is 0.00400. The highest BCUT2D eigenvalue weighted by molar-refractivity contribution is 5.93. The number of hydrogen-bond acceptors (Lipinski definition) is 6. The molecule has 1 aliphatic heterocycles. The second-order valence-corrected chi connectivity index (χ2v) is 9.93. The molecule has 1 amide bonds. The molecule has 8 nitrogen and oxygen atoms in total. The van der Waals surface area contributed by atoms with Crippen molar-refractivity contribution in [2.75, 3.05) is 27.3 Å². The number of fused-ring (bicyclic) bond motifs is 5. The van der Waals surface area contributed by atoms with Gasteiger partial charge in [0.15, 0.2) is 12.9 Å². The molecule has 0 aliphatic carbocycles. The highest BCUT2D eigenvalue weighted by atomic mass is 16.5. The largest absolute Gasteiger partial charge is 0.488 e. The molecule has 0 radical (unpaired) electrons. The molecule has 4 aromatic rings. The van der Waals surface area contributed by atoms with Crippen molar-refractivity contribution < 1.29 is 23.8 Å². The highest BCUT2D eigenvalue weighted by Crippen LogP contribution is 2.42.